The monoisotopic (exact) mass is 304 g/mol. The molecule has 23 heavy (non-hydrogen) atoms. The highest BCUT2D eigenvalue weighted by molar-refractivity contribution is 5.81. The van der Waals surface area contributed by atoms with Gasteiger partial charge < -0.3 is 4.52 Å². The lowest BCUT2D eigenvalue weighted by atomic mass is 10.0. The van der Waals surface area contributed by atoms with Crippen LogP contribution in [0.25, 0.3) is 22.3 Å². The van der Waals surface area contributed by atoms with Crippen molar-refractivity contribution in [3.63, 3.8) is 0 Å². The molecule has 4 aromatic rings. The number of hydrogen-bond donors (Lipinski definition) is 1. The van der Waals surface area contributed by atoms with Crippen LogP contribution in [0.3, 0.4) is 0 Å². The Labute approximate surface area is 132 Å². The van der Waals surface area contributed by atoms with Crippen LogP contribution >= 0.6 is 0 Å². The highest BCUT2D eigenvalue weighted by atomic mass is 16.5. The molecule has 4 rings (SSSR count). The van der Waals surface area contributed by atoms with Gasteiger partial charge in [-0.15, -0.1) is 0 Å². The third-order valence-electron chi connectivity index (χ3n) is 3.68. The molecule has 113 valence electrons. The Morgan fingerprint density at radius 2 is 2.22 bits per heavy atom. The Kier molecular flexibility index (Phi) is 3.34. The van der Waals surface area contributed by atoms with E-state index >= 15 is 0 Å². The van der Waals surface area contributed by atoms with Gasteiger partial charge in [-0.05, 0) is 42.7 Å². The lowest BCUT2D eigenvalue weighted by Crippen LogP contribution is -1.91. The maximum Gasteiger partial charge on any atom is 0.231 e. The first kappa shape index (κ1) is 13.6. The number of aryl methyl sites for hydroxylation is 1. The maximum absolute atomic E-state index is 5.28. The highest BCUT2D eigenvalue weighted by Crippen LogP contribution is 2.20. The van der Waals surface area contributed by atoms with Crippen LogP contribution in [0.1, 0.15) is 17.0 Å². The van der Waals surface area contributed by atoms with Crippen molar-refractivity contribution in [3.8, 4) is 11.4 Å². The highest BCUT2D eigenvalue weighted by Gasteiger charge is 2.10. The SMILES string of the molecule is Cc1cc(C[CH]c2nc(-c3cccnc3)no2)cc2cn[nH]c12. The molecule has 6 heteroatoms. The molecule has 0 spiro atoms. The topological polar surface area (TPSA) is 80.5 Å². The summed E-state index contributed by atoms with van der Waals surface area (Å²) in [7, 11) is 0. The minimum Gasteiger partial charge on any atom is -0.339 e. The van der Waals surface area contributed by atoms with Gasteiger partial charge in [0.1, 0.15) is 0 Å². The molecule has 1 aromatic carbocycles. The molecule has 0 saturated carbocycles. The van der Waals surface area contributed by atoms with E-state index in [-0.39, 0.29) is 0 Å². The van der Waals surface area contributed by atoms with Crippen LogP contribution < -0.4 is 0 Å². The van der Waals surface area contributed by atoms with Crippen LogP contribution in [-0.4, -0.2) is 25.3 Å². The third-order valence-corrected chi connectivity index (χ3v) is 3.68. The summed E-state index contributed by atoms with van der Waals surface area (Å²) in [5.74, 6) is 1.06. The van der Waals surface area contributed by atoms with E-state index in [2.05, 4.69) is 44.4 Å². The van der Waals surface area contributed by atoms with E-state index in [4.69, 9.17) is 4.52 Å². The smallest absolute Gasteiger partial charge is 0.231 e. The molecule has 3 heterocycles. The molecule has 0 atom stereocenters. The third kappa shape index (κ3) is 2.70. The van der Waals surface area contributed by atoms with Gasteiger partial charge in [0, 0.05) is 23.3 Å². The number of fused-ring (bicyclic) bond motifs is 1. The number of benzene rings is 1. The predicted octanol–water partition coefficient (Wildman–Crippen LogP) is 3.11. The number of nitrogens with zero attached hydrogens (tertiary/aromatic N) is 4. The molecule has 0 aliphatic rings. The van der Waals surface area contributed by atoms with Crippen LogP contribution in [0.5, 0.6) is 0 Å². The first-order valence-corrected chi connectivity index (χ1v) is 7.29. The summed E-state index contributed by atoms with van der Waals surface area (Å²) in [6, 6.07) is 7.99. The second kappa shape index (κ2) is 5.64. The number of aromatic amines is 1. The summed E-state index contributed by atoms with van der Waals surface area (Å²) in [6.07, 6.45) is 7.90. The molecular formula is C17H14N5O. The Hall–Kier alpha value is -3.02. The molecule has 0 fully saturated rings. The number of H-pyrrole nitrogens is 1. The Morgan fingerprint density at radius 3 is 3.09 bits per heavy atom. The number of hydrogen-bond acceptors (Lipinski definition) is 5. The van der Waals surface area contributed by atoms with E-state index in [1.165, 1.54) is 11.1 Å². The van der Waals surface area contributed by atoms with Crippen molar-refractivity contribution in [2.75, 3.05) is 0 Å². The van der Waals surface area contributed by atoms with Crippen LogP contribution in [0.4, 0.5) is 0 Å². The Morgan fingerprint density at radius 1 is 1.26 bits per heavy atom. The zero-order valence-corrected chi connectivity index (χ0v) is 12.5. The van der Waals surface area contributed by atoms with Crippen LogP contribution in [0.15, 0.2) is 47.4 Å². The zero-order chi connectivity index (χ0) is 15.6. The fourth-order valence-corrected chi connectivity index (χ4v) is 2.57. The minimum atomic E-state index is 0.508. The van der Waals surface area contributed by atoms with E-state index in [9.17, 15) is 0 Å². The molecule has 0 aliphatic carbocycles. The van der Waals surface area contributed by atoms with Gasteiger partial charge in [-0.3, -0.25) is 10.1 Å². The number of aromatic nitrogens is 5. The molecule has 0 amide bonds. The average Bonchev–Trinajstić information content (AvgIpc) is 3.23. The van der Waals surface area contributed by atoms with E-state index in [0.717, 1.165) is 22.9 Å². The number of nitrogens with one attached hydrogen (secondary N) is 1. The molecule has 0 saturated heterocycles. The van der Waals surface area contributed by atoms with Crippen LogP contribution in [0.2, 0.25) is 0 Å². The maximum atomic E-state index is 5.28. The number of pyridine rings is 1. The summed E-state index contributed by atoms with van der Waals surface area (Å²) >= 11 is 0. The van der Waals surface area contributed by atoms with Gasteiger partial charge in [-0.2, -0.15) is 10.1 Å². The summed E-state index contributed by atoms with van der Waals surface area (Å²) in [6.45, 7) is 2.07. The van der Waals surface area contributed by atoms with E-state index in [1.807, 2.05) is 24.8 Å². The Bertz CT molecular complexity index is 942. The largest absolute Gasteiger partial charge is 0.339 e. The first-order chi connectivity index (χ1) is 11.3. The molecule has 1 radical (unpaired) electrons. The van der Waals surface area contributed by atoms with Crippen LogP contribution in [-0.2, 0) is 6.42 Å². The minimum absolute atomic E-state index is 0.508. The lowest BCUT2D eigenvalue weighted by Gasteiger charge is -2.02. The molecule has 0 aliphatic heterocycles. The second-order valence-electron chi connectivity index (χ2n) is 5.35. The molecule has 1 N–H and O–H groups in total. The van der Waals surface area contributed by atoms with Crippen molar-refractivity contribution in [1.29, 1.82) is 0 Å². The van der Waals surface area contributed by atoms with Crippen molar-refractivity contribution < 1.29 is 4.52 Å². The predicted molar refractivity (Wildman–Crippen MR) is 85.5 cm³/mol. The molecular weight excluding hydrogens is 290 g/mol. The summed E-state index contributed by atoms with van der Waals surface area (Å²) in [5.41, 5.74) is 4.26. The van der Waals surface area contributed by atoms with Crippen molar-refractivity contribution in [2.45, 2.75) is 13.3 Å². The van der Waals surface area contributed by atoms with Crippen molar-refractivity contribution in [2.24, 2.45) is 0 Å². The summed E-state index contributed by atoms with van der Waals surface area (Å²) in [4.78, 5) is 8.44. The normalized spacial score (nSPS) is 11.2. The quantitative estimate of drug-likeness (QED) is 0.626. The van der Waals surface area contributed by atoms with Gasteiger partial charge in [0.05, 0.1) is 18.1 Å². The fraction of sp³-hybridized carbons (Fsp3) is 0.118. The van der Waals surface area contributed by atoms with Gasteiger partial charge in [0.2, 0.25) is 11.7 Å². The van der Waals surface area contributed by atoms with Gasteiger partial charge in [0.25, 0.3) is 0 Å². The van der Waals surface area contributed by atoms with E-state index in [1.54, 1.807) is 12.4 Å². The lowest BCUT2D eigenvalue weighted by molar-refractivity contribution is 0.397. The Balaban J connectivity index is 1.51. The number of rotatable bonds is 4. The molecule has 6 nitrogen and oxygen atoms in total. The van der Waals surface area contributed by atoms with E-state index < -0.39 is 0 Å². The van der Waals surface area contributed by atoms with Gasteiger partial charge >= 0.3 is 0 Å². The van der Waals surface area contributed by atoms with Crippen molar-refractivity contribution in [3.05, 3.63) is 66.3 Å². The standard InChI is InChI=1S/C17H14N5O/c1-11-7-12(8-14-10-19-21-16(11)14)4-5-15-20-17(22-23-15)13-3-2-6-18-9-13/h2-3,5-10H,4H2,1H3,(H,19,21). The average molecular weight is 304 g/mol. The van der Waals surface area contributed by atoms with E-state index in [0.29, 0.717) is 11.7 Å². The second-order valence-corrected chi connectivity index (χ2v) is 5.35. The zero-order valence-electron chi connectivity index (χ0n) is 12.5. The molecule has 0 bridgehead atoms. The van der Waals surface area contributed by atoms with Crippen molar-refractivity contribution >= 4 is 10.9 Å². The molecule has 0 unspecified atom stereocenters. The molecule has 3 aromatic heterocycles. The summed E-state index contributed by atoms with van der Waals surface area (Å²) in [5, 5.41) is 12.2. The van der Waals surface area contributed by atoms with Gasteiger partial charge in [-0.25, -0.2) is 0 Å². The summed E-state index contributed by atoms with van der Waals surface area (Å²) < 4.78 is 5.28. The van der Waals surface area contributed by atoms with Gasteiger partial charge in [0.15, 0.2) is 0 Å². The van der Waals surface area contributed by atoms with Crippen LogP contribution in [0, 0.1) is 13.3 Å². The fourth-order valence-electron chi connectivity index (χ4n) is 2.57. The van der Waals surface area contributed by atoms with Crippen molar-refractivity contribution in [1.82, 2.24) is 25.3 Å². The van der Waals surface area contributed by atoms with Gasteiger partial charge in [-0.1, -0.05) is 11.2 Å². The first-order valence-electron chi connectivity index (χ1n) is 7.29.